The quantitative estimate of drug-likeness (QED) is 0.646. The number of tetrazole rings is 1. The minimum atomic E-state index is -0.236. The fourth-order valence-electron chi connectivity index (χ4n) is 3.23. The molecule has 2 N–H and O–H groups in total. The maximum atomic E-state index is 12.3. The average molecular weight is 391 g/mol. The Labute approximate surface area is 169 Å². The van der Waals surface area contributed by atoms with E-state index < -0.39 is 0 Å². The Hall–Kier alpha value is -3.26. The van der Waals surface area contributed by atoms with Crippen LogP contribution in [0.25, 0.3) is 11.4 Å². The molecule has 0 unspecified atom stereocenters. The summed E-state index contributed by atoms with van der Waals surface area (Å²) in [7, 11) is 4.06. The van der Waals surface area contributed by atoms with E-state index in [-0.39, 0.29) is 6.03 Å². The molecule has 1 heterocycles. The van der Waals surface area contributed by atoms with Gasteiger partial charge in [0, 0.05) is 24.3 Å². The molecule has 1 aliphatic carbocycles. The highest BCUT2D eigenvalue weighted by Gasteiger charge is 2.28. The predicted molar refractivity (Wildman–Crippen MR) is 111 cm³/mol. The maximum Gasteiger partial charge on any atom is 0.319 e. The number of benzene rings is 2. The van der Waals surface area contributed by atoms with Crippen molar-refractivity contribution in [1.82, 2.24) is 30.4 Å². The number of hydrogen-bond acceptors (Lipinski definition) is 5. The van der Waals surface area contributed by atoms with Crippen molar-refractivity contribution in [2.45, 2.75) is 32.0 Å². The lowest BCUT2D eigenvalue weighted by atomic mass is 10.1. The summed E-state index contributed by atoms with van der Waals surface area (Å²) in [5, 5.41) is 17.8. The molecule has 0 spiro atoms. The third-order valence-electron chi connectivity index (χ3n) is 4.83. The van der Waals surface area contributed by atoms with Crippen LogP contribution in [0.1, 0.15) is 30.0 Å². The second kappa shape index (κ2) is 8.40. The van der Waals surface area contributed by atoms with Crippen LogP contribution in [-0.4, -0.2) is 45.2 Å². The monoisotopic (exact) mass is 391 g/mol. The van der Waals surface area contributed by atoms with Crippen molar-refractivity contribution in [3.63, 3.8) is 0 Å². The van der Waals surface area contributed by atoms with Gasteiger partial charge in [-0.3, -0.25) is 0 Å². The van der Waals surface area contributed by atoms with Crippen molar-refractivity contribution in [2.75, 3.05) is 19.4 Å². The Morgan fingerprint density at radius 3 is 2.52 bits per heavy atom. The number of carbonyl (C=O) groups excluding carboxylic acids is 1. The molecule has 0 aliphatic heterocycles. The first-order valence-corrected chi connectivity index (χ1v) is 9.75. The number of urea groups is 1. The molecule has 2 aromatic carbocycles. The van der Waals surface area contributed by atoms with Crippen molar-refractivity contribution in [3.05, 3.63) is 59.7 Å². The molecule has 8 nitrogen and oxygen atoms in total. The van der Waals surface area contributed by atoms with E-state index in [4.69, 9.17) is 0 Å². The number of nitrogens with zero attached hydrogens (tertiary/aromatic N) is 5. The highest BCUT2D eigenvalue weighted by molar-refractivity contribution is 5.89. The Balaban J connectivity index is 1.35. The number of anilines is 1. The zero-order valence-electron chi connectivity index (χ0n) is 16.7. The van der Waals surface area contributed by atoms with E-state index in [2.05, 4.69) is 37.1 Å². The summed E-state index contributed by atoms with van der Waals surface area (Å²) in [6, 6.07) is 15.9. The highest BCUT2D eigenvalue weighted by atomic mass is 16.2. The number of nitrogens with one attached hydrogen (secondary N) is 2. The van der Waals surface area contributed by atoms with E-state index in [0.717, 1.165) is 42.0 Å². The van der Waals surface area contributed by atoms with E-state index >= 15 is 0 Å². The zero-order valence-corrected chi connectivity index (χ0v) is 16.7. The summed E-state index contributed by atoms with van der Waals surface area (Å²) in [6.07, 6.45) is 2.24. The first-order valence-electron chi connectivity index (χ1n) is 9.75. The van der Waals surface area contributed by atoms with Crippen LogP contribution in [0.15, 0.2) is 48.5 Å². The van der Waals surface area contributed by atoms with Gasteiger partial charge in [-0.2, -0.15) is 0 Å². The van der Waals surface area contributed by atoms with Gasteiger partial charge in [0.05, 0.1) is 6.04 Å². The Morgan fingerprint density at radius 2 is 1.83 bits per heavy atom. The molecule has 29 heavy (non-hydrogen) atoms. The molecular weight excluding hydrogens is 366 g/mol. The molecule has 8 heteroatoms. The van der Waals surface area contributed by atoms with E-state index in [9.17, 15) is 4.79 Å². The van der Waals surface area contributed by atoms with Crippen LogP contribution < -0.4 is 10.6 Å². The maximum absolute atomic E-state index is 12.3. The number of carbonyl (C=O) groups is 1. The van der Waals surface area contributed by atoms with Crippen molar-refractivity contribution < 1.29 is 4.79 Å². The second-order valence-corrected chi connectivity index (χ2v) is 7.57. The lowest BCUT2D eigenvalue weighted by molar-refractivity contribution is 0.251. The Bertz CT molecular complexity index is 977. The van der Waals surface area contributed by atoms with Crippen LogP contribution in [0.2, 0.25) is 0 Å². The van der Waals surface area contributed by atoms with Crippen LogP contribution >= 0.6 is 0 Å². The molecule has 1 saturated carbocycles. The van der Waals surface area contributed by atoms with E-state index in [1.54, 1.807) is 0 Å². The van der Waals surface area contributed by atoms with E-state index in [0.29, 0.717) is 12.6 Å². The smallest absolute Gasteiger partial charge is 0.319 e. The third kappa shape index (κ3) is 4.78. The summed E-state index contributed by atoms with van der Waals surface area (Å²) < 4.78 is 1.88. The number of aromatic nitrogens is 4. The summed E-state index contributed by atoms with van der Waals surface area (Å²) in [4.78, 5) is 14.4. The fourth-order valence-corrected chi connectivity index (χ4v) is 3.23. The number of amides is 2. The standard InChI is InChI=1S/C21H25N7O/c1-27(2)14-17-6-4-3-5-16(17)13-22-21(29)23-18-9-7-15(8-10-18)20-24-25-26-28(20)19-11-12-19/h3-10,19H,11-14H2,1-2H3,(H2,22,23,29). The number of rotatable bonds is 7. The van der Waals surface area contributed by atoms with Gasteiger partial charge in [0.25, 0.3) is 0 Å². The van der Waals surface area contributed by atoms with Gasteiger partial charge in [0.1, 0.15) is 0 Å². The molecule has 1 aliphatic rings. The summed E-state index contributed by atoms with van der Waals surface area (Å²) in [5.41, 5.74) is 3.97. The zero-order chi connectivity index (χ0) is 20.2. The molecule has 1 aromatic heterocycles. The van der Waals surface area contributed by atoms with Crippen LogP contribution in [0.4, 0.5) is 10.5 Å². The van der Waals surface area contributed by atoms with Gasteiger partial charge < -0.3 is 15.5 Å². The van der Waals surface area contributed by atoms with Gasteiger partial charge in [-0.1, -0.05) is 24.3 Å². The lowest BCUT2D eigenvalue weighted by Crippen LogP contribution is -2.28. The lowest BCUT2D eigenvalue weighted by Gasteiger charge is -2.15. The molecule has 2 amide bonds. The van der Waals surface area contributed by atoms with Crippen LogP contribution in [0.3, 0.4) is 0 Å². The van der Waals surface area contributed by atoms with Crippen molar-refractivity contribution in [1.29, 1.82) is 0 Å². The molecular formula is C21H25N7O. The topological polar surface area (TPSA) is 88.0 Å². The summed E-state index contributed by atoms with van der Waals surface area (Å²) in [6.45, 7) is 1.31. The predicted octanol–water partition coefficient (Wildman–Crippen LogP) is 3.06. The average Bonchev–Trinajstić information content (AvgIpc) is 3.44. The molecule has 0 saturated heterocycles. The Morgan fingerprint density at radius 1 is 1.10 bits per heavy atom. The summed E-state index contributed by atoms with van der Waals surface area (Å²) >= 11 is 0. The van der Waals surface area contributed by atoms with Gasteiger partial charge in [0.2, 0.25) is 0 Å². The molecule has 4 rings (SSSR count). The largest absolute Gasteiger partial charge is 0.334 e. The molecule has 0 radical (unpaired) electrons. The first kappa shape index (κ1) is 19.1. The van der Waals surface area contributed by atoms with Crippen molar-refractivity contribution >= 4 is 11.7 Å². The second-order valence-electron chi connectivity index (χ2n) is 7.57. The molecule has 1 fully saturated rings. The molecule has 0 bridgehead atoms. The molecule has 3 aromatic rings. The SMILES string of the molecule is CN(C)Cc1ccccc1CNC(=O)Nc1ccc(-c2nnnn2C2CC2)cc1. The molecule has 150 valence electrons. The normalized spacial score (nSPS) is 13.5. The van der Waals surface area contributed by atoms with Crippen molar-refractivity contribution in [2.24, 2.45) is 0 Å². The molecule has 0 atom stereocenters. The van der Waals surface area contributed by atoms with Gasteiger partial charge in [0.15, 0.2) is 5.82 Å². The van der Waals surface area contributed by atoms with Gasteiger partial charge >= 0.3 is 6.03 Å². The summed E-state index contributed by atoms with van der Waals surface area (Å²) in [5.74, 6) is 0.765. The Kier molecular flexibility index (Phi) is 5.53. The fraction of sp³-hybridized carbons (Fsp3) is 0.333. The van der Waals surface area contributed by atoms with Crippen molar-refractivity contribution in [3.8, 4) is 11.4 Å². The van der Waals surface area contributed by atoms with Crippen LogP contribution in [0, 0.1) is 0 Å². The van der Waals surface area contributed by atoms with Crippen LogP contribution in [-0.2, 0) is 13.1 Å². The van der Waals surface area contributed by atoms with Gasteiger partial charge in [-0.05, 0) is 72.8 Å². The number of hydrogen-bond donors (Lipinski definition) is 2. The minimum Gasteiger partial charge on any atom is -0.334 e. The van der Waals surface area contributed by atoms with Gasteiger partial charge in [-0.25, -0.2) is 9.48 Å². The highest BCUT2D eigenvalue weighted by Crippen LogP contribution is 2.36. The third-order valence-corrected chi connectivity index (χ3v) is 4.83. The minimum absolute atomic E-state index is 0.236. The van der Waals surface area contributed by atoms with Gasteiger partial charge in [-0.15, -0.1) is 5.10 Å². The van der Waals surface area contributed by atoms with Crippen LogP contribution in [0.5, 0.6) is 0 Å². The van der Waals surface area contributed by atoms with E-state index in [1.165, 1.54) is 5.56 Å². The van der Waals surface area contributed by atoms with E-state index in [1.807, 2.05) is 61.2 Å². The first-order chi connectivity index (χ1) is 14.1.